The van der Waals surface area contributed by atoms with Crippen molar-refractivity contribution < 1.29 is 4.74 Å². The van der Waals surface area contributed by atoms with Gasteiger partial charge in [-0.05, 0) is 48.9 Å². The van der Waals surface area contributed by atoms with Crippen LogP contribution in [-0.4, -0.2) is 16.6 Å². The molecule has 2 aromatic carbocycles. The van der Waals surface area contributed by atoms with Crippen LogP contribution < -0.4 is 15.9 Å². The number of aromatic amines is 2. The van der Waals surface area contributed by atoms with Crippen LogP contribution in [0.3, 0.4) is 0 Å². The summed E-state index contributed by atoms with van der Waals surface area (Å²) in [5.41, 5.74) is 0.729. The molecule has 0 aliphatic carbocycles. The lowest BCUT2D eigenvalue weighted by Crippen LogP contribution is -2.10. The van der Waals surface area contributed by atoms with Crippen molar-refractivity contribution in [3.05, 3.63) is 63.2 Å². The lowest BCUT2D eigenvalue weighted by atomic mass is 10.2. The van der Waals surface area contributed by atoms with Gasteiger partial charge in [0, 0.05) is 11.0 Å². The van der Waals surface area contributed by atoms with Crippen molar-refractivity contribution in [3.63, 3.8) is 0 Å². The standard InChI is InChI=1S/C19H20N2O3/c1-2-3-4-11-24-15-9-10-16-17(12-15)19(23)21-14-7-5-13(6-8-14)20-18(16)22/h5-10,12H,2-4,11H2,1H3,(H,20,22)(H,21,23). The number of ether oxygens (including phenoxy) is 1. The third-order valence-electron chi connectivity index (χ3n) is 3.90. The number of fused-ring (bicyclic) bond motifs is 4. The molecule has 5 heteroatoms. The first-order valence-corrected chi connectivity index (χ1v) is 8.17. The Balaban J connectivity index is 2.15. The van der Waals surface area contributed by atoms with E-state index in [9.17, 15) is 9.59 Å². The summed E-state index contributed by atoms with van der Waals surface area (Å²) in [5.74, 6) is 0.596. The molecule has 0 amide bonds. The monoisotopic (exact) mass is 324 g/mol. The van der Waals surface area contributed by atoms with Crippen molar-refractivity contribution in [2.75, 3.05) is 6.61 Å². The maximum atomic E-state index is 12.5. The fourth-order valence-corrected chi connectivity index (χ4v) is 2.57. The number of rotatable bonds is 5. The Morgan fingerprint density at radius 3 is 2.08 bits per heavy atom. The molecule has 0 unspecified atom stereocenters. The first-order valence-electron chi connectivity index (χ1n) is 8.17. The highest BCUT2D eigenvalue weighted by Gasteiger charge is 2.03. The summed E-state index contributed by atoms with van der Waals surface area (Å²) < 4.78 is 5.70. The number of aromatic nitrogens is 2. The Morgan fingerprint density at radius 1 is 0.833 bits per heavy atom. The van der Waals surface area contributed by atoms with Crippen LogP contribution in [0.4, 0.5) is 0 Å². The van der Waals surface area contributed by atoms with Gasteiger partial charge in [-0.1, -0.05) is 19.8 Å². The van der Waals surface area contributed by atoms with Crippen molar-refractivity contribution in [3.8, 4) is 5.75 Å². The van der Waals surface area contributed by atoms with Crippen LogP contribution in [-0.2, 0) is 0 Å². The predicted octanol–water partition coefficient (Wildman–Crippen LogP) is 3.50. The normalized spacial score (nSPS) is 10.9. The number of hydrogen-bond acceptors (Lipinski definition) is 3. The third-order valence-corrected chi connectivity index (χ3v) is 3.90. The maximum absolute atomic E-state index is 12.5. The molecule has 0 saturated heterocycles. The molecule has 2 bridgehead atoms. The van der Waals surface area contributed by atoms with E-state index in [0.717, 1.165) is 19.3 Å². The Labute approximate surface area is 139 Å². The summed E-state index contributed by atoms with van der Waals surface area (Å²) in [7, 11) is 0. The smallest absolute Gasteiger partial charge is 0.256 e. The van der Waals surface area contributed by atoms with E-state index in [4.69, 9.17) is 4.74 Å². The van der Waals surface area contributed by atoms with E-state index in [1.54, 1.807) is 42.5 Å². The molecule has 4 aromatic rings. The summed E-state index contributed by atoms with van der Waals surface area (Å²) >= 11 is 0. The Kier molecular flexibility index (Phi) is 4.79. The van der Waals surface area contributed by atoms with E-state index < -0.39 is 0 Å². The first-order chi connectivity index (χ1) is 11.7. The van der Waals surface area contributed by atoms with Gasteiger partial charge in [-0.15, -0.1) is 0 Å². The maximum Gasteiger partial charge on any atom is 0.256 e. The van der Waals surface area contributed by atoms with E-state index in [2.05, 4.69) is 16.9 Å². The quantitative estimate of drug-likeness (QED) is 0.705. The zero-order chi connectivity index (χ0) is 16.9. The molecule has 0 fully saturated rings. The molecule has 4 rings (SSSR count). The predicted molar refractivity (Wildman–Crippen MR) is 96.5 cm³/mol. The average Bonchev–Trinajstić information content (AvgIpc) is 2.60. The van der Waals surface area contributed by atoms with Crippen molar-refractivity contribution in [2.45, 2.75) is 26.2 Å². The molecular formula is C19H20N2O3. The summed E-state index contributed by atoms with van der Waals surface area (Å²) in [6.45, 7) is 2.73. The lowest BCUT2D eigenvalue weighted by molar-refractivity contribution is 0.306. The van der Waals surface area contributed by atoms with Crippen molar-refractivity contribution in [1.29, 1.82) is 0 Å². The molecule has 0 radical (unpaired) electrons. The van der Waals surface area contributed by atoms with Gasteiger partial charge >= 0.3 is 0 Å². The van der Waals surface area contributed by atoms with Crippen molar-refractivity contribution in [1.82, 2.24) is 9.97 Å². The minimum Gasteiger partial charge on any atom is -0.494 e. The summed E-state index contributed by atoms with van der Waals surface area (Å²) in [4.78, 5) is 30.6. The lowest BCUT2D eigenvalue weighted by Gasteiger charge is -2.06. The average molecular weight is 324 g/mol. The largest absolute Gasteiger partial charge is 0.494 e. The van der Waals surface area contributed by atoms with Crippen LogP contribution in [0.1, 0.15) is 26.2 Å². The van der Waals surface area contributed by atoms with Crippen LogP contribution >= 0.6 is 0 Å². The molecule has 24 heavy (non-hydrogen) atoms. The summed E-state index contributed by atoms with van der Waals surface area (Å²) in [6.07, 6.45) is 3.18. The molecule has 0 spiro atoms. The van der Waals surface area contributed by atoms with E-state index in [1.165, 1.54) is 0 Å². The second-order valence-electron chi connectivity index (χ2n) is 5.75. The second-order valence-corrected chi connectivity index (χ2v) is 5.75. The molecule has 124 valence electrons. The minimum absolute atomic E-state index is 0.308. The molecule has 2 N–H and O–H groups in total. The molecule has 0 aliphatic heterocycles. The molecule has 2 aromatic heterocycles. The van der Waals surface area contributed by atoms with Gasteiger partial charge in [0.05, 0.1) is 17.4 Å². The minimum atomic E-state index is -0.325. The van der Waals surface area contributed by atoms with Crippen LogP contribution in [0.2, 0.25) is 0 Å². The molecule has 5 nitrogen and oxygen atoms in total. The molecule has 2 heterocycles. The highest BCUT2D eigenvalue weighted by atomic mass is 16.5. The van der Waals surface area contributed by atoms with Crippen LogP contribution in [0, 0.1) is 0 Å². The second kappa shape index (κ2) is 7.17. The Hall–Kier alpha value is -2.82. The zero-order valence-electron chi connectivity index (χ0n) is 13.6. The van der Waals surface area contributed by atoms with Gasteiger partial charge in [-0.25, -0.2) is 0 Å². The van der Waals surface area contributed by atoms with E-state index in [1.807, 2.05) is 0 Å². The van der Waals surface area contributed by atoms with Crippen molar-refractivity contribution >= 4 is 21.8 Å². The van der Waals surface area contributed by atoms with Crippen LogP contribution in [0.15, 0.2) is 52.1 Å². The van der Waals surface area contributed by atoms with E-state index >= 15 is 0 Å². The van der Waals surface area contributed by atoms with Crippen LogP contribution in [0.25, 0.3) is 21.8 Å². The zero-order valence-corrected chi connectivity index (χ0v) is 13.6. The van der Waals surface area contributed by atoms with Crippen molar-refractivity contribution in [2.24, 2.45) is 0 Å². The molecule has 0 saturated carbocycles. The van der Waals surface area contributed by atoms with Gasteiger partial charge in [0.2, 0.25) is 0 Å². The SMILES string of the molecule is CCCCCOc1ccc2c(=O)[nH]c3ccc(cc3)[nH]c(=O)c2c1. The fraction of sp³-hybridized carbons (Fsp3) is 0.263. The number of nitrogens with one attached hydrogen (secondary N) is 2. The molecule has 0 atom stereocenters. The fourth-order valence-electron chi connectivity index (χ4n) is 2.57. The summed E-state index contributed by atoms with van der Waals surface area (Å²) in [5, 5.41) is 0.638. The number of benzene rings is 2. The molecule has 0 aliphatic rings. The van der Waals surface area contributed by atoms with Gasteiger partial charge in [0.25, 0.3) is 11.1 Å². The number of H-pyrrole nitrogens is 2. The van der Waals surface area contributed by atoms with E-state index in [-0.39, 0.29) is 11.1 Å². The van der Waals surface area contributed by atoms with Gasteiger partial charge in [-0.3, -0.25) is 9.59 Å². The van der Waals surface area contributed by atoms with Gasteiger partial charge in [0.1, 0.15) is 5.75 Å². The molecular weight excluding hydrogens is 304 g/mol. The van der Waals surface area contributed by atoms with Gasteiger partial charge in [0.15, 0.2) is 0 Å². The van der Waals surface area contributed by atoms with Gasteiger partial charge < -0.3 is 14.7 Å². The first kappa shape index (κ1) is 16.1. The van der Waals surface area contributed by atoms with Crippen LogP contribution in [0.5, 0.6) is 5.75 Å². The Bertz CT molecular complexity index is 982. The topological polar surface area (TPSA) is 75.0 Å². The Morgan fingerprint density at radius 2 is 1.46 bits per heavy atom. The van der Waals surface area contributed by atoms with E-state index in [0.29, 0.717) is 34.2 Å². The number of unbranched alkanes of at least 4 members (excludes halogenated alkanes) is 2. The summed E-state index contributed by atoms with van der Waals surface area (Å²) in [6, 6.07) is 12.0. The highest BCUT2D eigenvalue weighted by Crippen LogP contribution is 2.16. The number of hydrogen-bond donors (Lipinski definition) is 2. The third kappa shape index (κ3) is 3.56. The van der Waals surface area contributed by atoms with Gasteiger partial charge in [-0.2, -0.15) is 0 Å². The highest BCUT2D eigenvalue weighted by molar-refractivity contribution is 5.82.